The van der Waals surface area contributed by atoms with Crippen molar-refractivity contribution in [1.29, 1.82) is 0 Å². The van der Waals surface area contributed by atoms with Gasteiger partial charge in [-0.3, -0.25) is 9.78 Å². The van der Waals surface area contributed by atoms with Crippen molar-refractivity contribution in [3.05, 3.63) is 30.1 Å². The summed E-state index contributed by atoms with van der Waals surface area (Å²) in [6, 6.07) is 3.62. The number of rotatable bonds is 1. The van der Waals surface area contributed by atoms with Crippen molar-refractivity contribution in [3.63, 3.8) is 0 Å². The van der Waals surface area contributed by atoms with Gasteiger partial charge in [-0.2, -0.15) is 0 Å². The Morgan fingerprint density at radius 1 is 1.12 bits per heavy atom. The van der Waals surface area contributed by atoms with Crippen molar-refractivity contribution in [2.24, 2.45) is 11.8 Å². The first-order valence-electron chi connectivity index (χ1n) is 6.54. The molecule has 17 heavy (non-hydrogen) atoms. The van der Waals surface area contributed by atoms with E-state index in [4.69, 9.17) is 0 Å². The molecule has 2 unspecified atom stereocenters. The van der Waals surface area contributed by atoms with E-state index in [9.17, 15) is 4.79 Å². The molecule has 3 heteroatoms. The predicted octanol–water partition coefficient (Wildman–Crippen LogP) is 2.34. The molecule has 2 heterocycles. The van der Waals surface area contributed by atoms with Gasteiger partial charge in [0, 0.05) is 31.0 Å². The van der Waals surface area contributed by atoms with Gasteiger partial charge >= 0.3 is 0 Å². The number of likely N-dealkylation sites (tertiary alicyclic amines) is 1. The van der Waals surface area contributed by atoms with Crippen molar-refractivity contribution in [2.75, 3.05) is 13.1 Å². The van der Waals surface area contributed by atoms with Crippen LogP contribution < -0.4 is 0 Å². The fourth-order valence-corrected chi connectivity index (χ4v) is 3.25. The maximum atomic E-state index is 12.3. The highest BCUT2D eigenvalue weighted by molar-refractivity contribution is 5.94. The number of hydrogen-bond acceptors (Lipinski definition) is 2. The quantitative estimate of drug-likeness (QED) is 0.742. The first-order valence-corrected chi connectivity index (χ1v) is 6.54. The van der Waals surface area contributed by atoms with Crippen LogP contribution in [0.2, 0.25) is 0 Å². The number of fused-ring (bicyclic) bond motifs is 1. The zero-order valence-corrected chi connectivity index (χ0v) is 10.0. The highest BCUT2D eigenvalue weighted by Crippen LogP contribution is 2.36. The second-order valence-electron chi connectivity index (χ2n) is 5.25. The summed E-state index contributed by atoms with van der Waals surface area (Å²) in [6.07, 6.45) is 8.69. The van der Waals surface area contributed by atoms with Crippen LogP contribution in [-0.4, -0.2) is 28.9 Å². The zero-order valence-electron chi connectivity index (χ0n) is 10.0. The van der Waals surface area contributed by atoms with Gasteiger partial charge in [0.2, 0.25) is 0 Å². The van der Waals surface area contributed by atoms with E-state index in [1.807, 2.05) is 17.0 Å². The summed E-state index contributed by atoms with van der Waals surface area (Å²) in [5.41, 5.74) is 0.777. The topological polar surface area (TPSA) is 33.2 Å². The predicted molar refractivity (Wildman–Crippen MR) is 65.6 cm³/mol. The van der Waals surface area contributed by atoms with Crippen LogP contribution in [0.1, 0.15) is 36.0 Å². The Labute approximate surface area is 102 Å². The normalized spacial score (nSPS) is 27.9. The minimum atomic E-state index is 0.182. The zero-order chi connectivity index (χ0) is 11.7. The lowest BCUT2D eigenvalue weighted by Crippen LogP contribution is -2.28. The Hall–Kier alpha value is -1.38. The molecule has 0 spiro atoms. The molecule has 1 aliphatic carbocycles. The minimum Gasteiger partial charge on any atom is -0.338 e. The van der Waals surface area contributed by atoms with Gasteiger partial charge in [0.15, 0.2) is 0 Å². The Morgan fingerprint density at radius 3 is 2.29 bits per heavy atom. The third kappa shape index (κ3) is 2.06. The molecule has 0 radical (unpaired) electrons. The van der Waals surface area contributed by atoms with E-state index < -0.39 is 0 Å². The average molecular weight is 230 g/mol. The molecule has 1 aromatic rings. The van der Waals surface area contributed by atoms with Gasteiger partial charge < -0.3 is 4.90 Å². The van der Waals surface area contributed by atoms with Crippen LogP contribution >= 0.6 is 0 Å². The summed E-state index contributed by atoms with van der Waals surface area (Å²) in [5.74, 6) is 1.70. The summed E-state index contributed by atoms with van der Waals surface area (Å²) >= 11 is 0. The maximum absolute atomic E-state index is 12.3. The van der Waals surface area contributed by atoms with E-state index in [-0.39, 0.29) is 5.91 Å². The van der Waals surface area contributed by atoms with E-state index in [1.54, 1.807) is 12.4 Å². The molecule has 0 bridgehead atoms. The first kappa shape index (κ1) is 10.8. The third-order valence-corrected chi connectivity index (χ3v) is 4.19. The molecule has 2 atom stereocenters. The van der Waals surface area contributed by atoms with Gasteiger partial charge in [0.05, 0.1) is 0 Å². The lowest BCUT2D eigenvalue weighted by molar-refractivity contribution is 0.0784. The smallest absolute Gasteiger partial charge is 0.253 e. The van der Waals surface area contributed by atoms with Crippen LogP contribution in [0.5, 0.6) is 0 Å². The van der Waals surface area contributed by atoms with Crippen LogP contribution in [0.4, 0.5) is 0 Å². The monoisotopic (exact) mass is 230 g/mol. The number of carbonyl (C=O) groups is 1. The lowest BCUT2D eigenvalue weighted by atomic mass is 9.82. The summed E-state index contributed by atoms with van der Waals surface area (Å²) in [6.45, 7) is 1.93. The van der Waals surface area contributed by atoms with Crippen molar-refractivity contribution >= 4 is 5.91 Å². The SMILES string of the molecule is O=C(c1ccncc1)N1CC2CCCCC2C1. The summed E-state index contributed by atoms with van der Waals surface area (Å²) in [7, 11) is 0. The summed E-state index contributed by atoms with van der Waals surface area (Å²) in [5, 5.41) is 0. The van der Waals surface area contributed by atoms with Crippen molar-refractivity contribution in [2.45, 2.75) is 25.7 Å². The van der Waals surface area contributed by atoms with Crippen LogP contribution in [0.25, 0.3) is 0 Å². The van der Waals surface area contributed by atoms with Crippen LogP contribution in [0.15, 0.2) is 24.5 Å². The van der Waals surface area contributed by atoms with Gasteiger partial charge in [0.1, 0.15) is 0 Å². The van der Waals surface area contributed by atoms with E-state index in [2.05, 4.69) is 4.98 Å². The Morgan fingerprint density at radius 2 is 1.71 bits per heavy atom. The highest BCUT2D eigenvalue weighted by atomic mass is 16.2. The number of hydrogen-bond donors (Lipinski definition) is 0. The molecule has 90 valence electrons. The first-order chi connectivity index (χ1) is 8.34. The number of aromatic nitrogens is 1. The molecule has 1 saturated heterocycles. The fraction of sp³-hybridized carbons (Fsp3) is 0.571. The van der Waals surface area contributed by atoms with E-state index in [1.165, 1.54) is 25.7 Å². The number of carbonyl (C=O) groups excluding carboxylic acids is 1. The Bertz CT molecular complexity index is 390. The largest absolute Gasteiger partial charge is 0.338 e. The van der Waals surface area contributed by atoms with E-state index in [0.717, 1.165) is 30.5 Å². The molecular formula is C14H18N2O. The molecule has 1 saturated carbocycles. The van der Waals surface area contributed by atoms with Crippen LogP contribution in [0, 0.1) is 11.8 Å². The maximum Gasteiger partial charge on any atom is 0.253 e. The van der Waals surface area contributed by atoms with Crippen molar-refractivity contribution in [1.82, 2.24) is 9.88 Å². The molecule has 1 aromatic heterocycles. The van der Waals surface area contributed by atoms with E-state index >= 15 is 0 Å². The average Bonchev–Trinajstić information content (AvgIpc) is 2.82. The van der Waals surface area contributed by atoms with Crippen LogP contribution in [-0.2, 0) is 0 Å². The molecule has 0 N–H and O–H groups in total. The molecule has 0 aromatic carbocycles. The fourth-order valence-electron chi connectivity index (χ4n) is 3.25. The molecule has 2 aliphatic rings. The number of amides is 1. The molecule has 1 amide bonds. The van der Waals surface area contributed by atoms with Gasteiger partial charge in [-0.25, -0.2) is 0 Å². The second-order valence-corrected chi connectivity index (χ2v) is 5.25. The van der Waals surface area contributed by atoms with Gasteiger partial charge in [-0.05, 0) is 36.8 Å². The number of nitrogens with zero attached hydrogens (tertiary/aromatic N) is 2. The third-order valence-electron chi connectivity index (χ3n) is 4.19. The van der Waals surface area contributed by atoms with Crippen molar-refractivity contribution in [3.8, 4) is 0 Å². The Balaban J connectivity index is 1.72. The molecule has 2 fully saturated rings. The number of pyridine rings is 1. The minimum absolute atomic E-state index is 0.182. The van der Waals surface area contributed by atoms with Gasteiger partial charge in [0.25, 0.3) is 5.91 Å². The van der Waals surface area contributed by atoms with Gasteiger partial charge in [-0.1, -0.05) is 12.8 Å². The Kier molecular flexibility index (Phi) is 2.83. The molecule has 3 nitrogen and oxygen atoms in total. The summed E-state index contributed by atoms with van der Waals surface area (Å²) < 4.78 is 0. The van der Waals surface area contributed by atoms with Crippen molar-refractivity contribution < 1.29 is 4.79 Å². The van der Waals surface area contributed by atoms with Gasteiger partial charge in [-0.15, -0.1) is 0 Å². The molecular weight excluding hydrogens is 212 g/mol. The second kappa shape index (κ2) is 4.47. The van der Waals surface area contributed by atoms with E-state index in [0.29, 0.717) is 0 Å². The lowest BCUT2D eigenvalue weighted by Gasteiger charge is -2.22. The standard InChI is InChI=1S/C14H18N2O/c17-14(11-5-7-15-8-6-11)16-9-12-3-1-2-4-13(12)10-16/h5-8,12-13H,1-4,9-10H2. The molecule has 1 aliphatic heterocycles. The highest BCUT2D eigenvalue weighted by Gasteiger charge is 2.36. The molecule has 3 rings (SSSR count). The van der Waals surface area contributed by atoms with Crippen LogP contribution in [0.3, 0.4) is 0 Å². The summed E-state index contributed by atoms with van der Waals surface area (Å²) in [4.78, 5) is 18.3.